The number of hydrogen-bond donors (Lipinski definition) is 3. The van der Waals surface area contributed by atoms with Crippen LogP contribution < -0.4 is 21.1 Å². The number of piperidine rings is 1. The molecule has 0 radical (unpaired) electrons. The summed E-state index contributed by atoms with van der Waals surface area (Å²) in [5.41, 5.74) is 0.976. The molecule has 9 nitrogen and oxygen atoms in total. The van der Waals surface area contributed by atoms with Crippen molar-refractivity contribution in [2.45, 2.75) is 18.9 Å². The highest BCUT2D eigenvalue weighted by molar-refractivity contribution is 5.73. The third-order valence-electron chi connectivity index (χ3n) is 5.00. The standard InChI is InChI=1S/C19H23N7O2/c20-11-13-3-5-22-15(10-13)16-17(23-14-2-1-4-21-12-14)24-19(25-18(16)27)26-6-8-28-9-7-26/h3,5,10,14,21H,1-2,4,6-9,12H2,(H2,23,24,25,27). The maximum atomic E-state index is 13.0. The predicted octanol–water partition coefficient (Wildman–Crippen LogP) is 0.704. The number of pyridine rings is 1. The first-order valence-corrected chi connectivity index (χ1v) is 9.55. The molecule has 4 rings (SSSR count). The van der Waals surface area contributed by atoms with Crippen molar-refractivity contribution in [3.8, 4) is 17.3 Å². The molecule has 2 fully saturated rings. The van der Waals surface area contributed by atoms with E-state index in [1.165, 1.54) is 6.20 Å². The van der Waals surface area contributed by atoms with E-state index in [0.717, 1.165) is 25.9 Å². The van der Waals surface area contributed by atoms with E-state index in [2.05, 4.69) is 26.7 Å². The summed E-state index contributed by atoms with van der Waals surface area (Å²) in [4.78, 5) is 27.0. The lowest BCUT2D eigenvalue weighted by molar-refractivity contribution is 0.122. The summed E-state index contributed by atoms with van der Waals surface area (Å²) in [5, 5.41) is 16.0. The fraction of sp³-hybridized carbons (Fsp3) is 0.474. The Morgan fingerprint density at radius 1 is 1.36 bits per heavy atom. The number of rotatable bonds is 4. The fourth-order valence-corrected chi connectivity index (χ4v) is 3.53. The minimum absolute atomic E-state index is 0.179. The Bertz CT molecular complexity index is 925. The van der Waals surface area contributed by atoms with Crippen LogP contribution in [-0.4, -0.2) is 60.4 Å². The quantitative estimate of drug-likeness (QED) is 0.708. The molecule has 9 heteroatoms. The molecule has 3 N–H and O–H groups in total. The second kappa shape index (κ2) is 8.37. The van der Waals surface area contributed by atoms with Crippen LogP contribution in [0.1, 0.15) is 18.4 Å². The summed E-state index contributed by atoms with van der Waals surface area (Å²) in [6.45, 7) is 4.37. The first-order chi connectivity index (χ1) is 13.7. The average molecular weight is 381 g/mol. The monoisotopic (exact) mass is 381 g/mol. The van der Waals surface area contributed by atoms with E-state index < -0.39 is 0 Å². The SMILES string of the molecule is N#Cc1ccnc(-c2c(NC3CCCNC3)nc(N3CCOCC3)[nH]c2=O)c1. The highest BCUT2D eigenvalue weighted by atomic mass is 16.5. The van der Waals surface area contributed by atoms with Crippen molar-refractivity contribution in [3.63, 3.8) is 0 Å². The summed E-state index contributed by atoms with van der Waals surface area (Å²) in [6, 6.07) is 5.51. The van der Waals surface area contributed by atoms with Crippen molar-refractivity contribution < 1.29 is 4.74 Å². The van der Waals surface area contributed by atoms with Gasteiger partial charge in [-0.2, -0.15) is 10.2 Å². The van der Waals surface area contributed by atoms with Crippen LogP contribution in [0.5, 0.6) is 0 Å². The van der Waals surface area contributed by atoms with Crippen LogP contribution >= 0.6 is 0 Å². The summed E-state index contributed by atoms with van der Waals surface area (Å²) in [5.74, 6) is 1.03. The van der Waals surface area contributed by atoms with Crippen LogP contribution in [0.4, 0.5) is 11.8 Å². The van der Waals surface area contributed by atoms with Gasteiger partial charge in [-0.25, -0.2) is 0 Å². The first kappa shape index (κ1) is 18.4. The van der Waals surface area contributed by atoms with E-state index in [-0.39, 0.29) is 11.6 Å². The number of nitrogens with one attached hydrogen (secondary N) is 3. The zero-order valence-electron chi connectivity index (χ0n) is 15.6. The summed E-state index contributed by atoms with van der Waals surface area (Å²) in [7, 11) is 0. The average Bonchev–Trinajstić information content (AvgIpc) is 2.75. The van der Waals surface area contributed by atoms with Gasteiger partial charge >= 0.3 is 0 Å². The molecule has 1 atom stereocenters. The van der Waals surface area contributed by atoms with Gasteiger partial charge in [0.15, 0.2) is 0 Å². The molecule has 0 bridgehead atoms. The molecule has 0 spiro atoms. The third kappa shape index (κ3) is 3.98. The van der Waals surface area contributed by atoms with Crippen LogP contribution in [0.25, 0.3) is 11.3 Å². The largest absolute Gasteiger partial charge is 0.378 e. The van der Waals surface area contributed by atoms with E-state index in [1.807, 2.05) is 4.90 Å². The van der Waals surface area contributed by atoms with E-state index >= 15 is 0 Å². The van der Waals surface area contributed by atoms with Crippen molar-refractivity contribution >= 4 is 11.8 Å². The van der Waals surface area contributed by atoms with Gasteiger partial charge in [-0.3, -0.25) is 14.8 Å². The minimum atomic E-state index is -0.273. The zero-order chi connectivity index (χ0) is 19.3. The number of nitrogens with zero attached hydrogens (tertiary/aromatic N) is 4. The molecular weight excluding hydrogens is 358 g/mol. The lowest BCUT2D eigenvalue weighted by Crippen LogP contribution is -2.40. The van der Waals surface area contributed by atoms with Gasteiger partial charge in [-0.1, -0.05) is 0 Å². The van der Waals surface area contributed by atoms with Crippen molar-refractivity contribution in [1.29, 1.82) is 5.26 Å². The molecular formula is C19H23N7O2. The second-order valence-corrected chi connectivity index (χ2v) is 6.94. The van der Waals surface area contributed by atoms with E-state index in [0.29, 0.717) is 54.9 Å². The molecule has 2 aliphatic rings. The molecule has 2 saturated heterocycles. The molecule has 2 aliphatic heterocycles. The maximum Gasteiger partial charge on any atom is 0.263 e. The van der Waals surface area contributed by atoms with Crippen LogP contribution in [0, 0.1) is 11.3 Å². The van der Waals surface area contributed by atoms with Gasteiger partial charge < -0.3 is 20.3 Å². The van der Waals surface area contributed by atoms with Gasteiger partial charge in [0.25, 0.3) is 5.56 Å². The van der Waals surface area contributed by atoms with Gasteiger partial charge in [0.05, 0.1) is 30.5 Å². The highest BCUT2D eigenvalue weighted by Gasteiger charge is 2.22. The normalized spacial score (nSPS) is 19.8. The number of nitriles is 1. The molecule has 146 valence electrons. The zero-order valence-corrected chi connectivity index (χ0v) is 15.6. The Balaban J connectivity index is 1.76. The number of aromatic nitrogens is 3. The molecule has 0 amide bonds. The Hall–Kier alpha value is -2.96. The molecule has 2 aromatic heterocycles. The number of H-pyrrole nitrogens is 1. The molecule has 2 aromatic rings. The Kier molecular flexibility index (Phi) is 5.50. The number of aromatic amines is 1. The summed E-state index contributed by atoms with van der Waals surface area (Å²) >= 11 is 0. The van der Waals surface area contributed by atoms with E-state index in [1.54, 1.807) is 12.1 Å². The van der Waals surface area contributed by atoms with Crippen molar-refractivity contribution in [1.82, 2.24) is 20.3 Å². The van der Waals surface area contributed by atoms with Gasteiger partial charge in [-0.15, -0.1) is 0 Å². The fourth-order valence-electron chi connectivity index (χ4n) is 3.53. The number of anilines is 2. The Morgan fingerprint density at radius 2 is 2.21 bits per heavy atom. The van der Waals surface area contributed by atoms with Gasteiger partial charge in [0.1, 0.15) is 11.4 Å². The molecule has 0 saturated carbocycles. The van der Waals surface area contributed by atoms with Crippen molar-refractivity contribution in [3.05, 3.63) is 34.2 Å². The lowest BCUT2D eigenvalue weighted by Gasteiger charge is -2.29. The van der Waals surface area contributed by atoms with Crippen LogP contribution in [0.3, 0.4) is 0 Å². The third-order valence-corrected chi connectivity index (χ3v) is 5.00. The summed E-state index contributed by atoms with van der Waals surface area (Å²) in [6.07, 6.45) is 3.60. The number of ether oxygens (including phenoxy) is 1. The molecule has 1 unspecified atom stereocenters. The predicted molar refractivity (Wildman–Crippen MR) is 105 cm³/mol. The van der Waals surface area contributed by atoms with Gasteiger partial charge in [-0.05, 0) is 31.5 Å². The van der Waals surface area contributed by atoms with E-state index in [4.69, 9.17) is 9.72 Å². The number of morpholine rings is 1. The van der Waals surface area contributed by atoms with Crippen molar-refractivity contribution in [2.24, 2.45) is 0 Å². The molecule has 4 heterocycles. The Morgan fingerprint density at radius 3 is 2.96 bits per heavy atom. The number of hydrogen-bond acceptors (Lipinski definition) is 8. The van der Waals surface area contributed by atoms with Crippen LogP contribution in [-0.2, 0) is 4.74 Å². The molecule has 28 heavy (non-hydrogen) atoms. The minimum Gasteiger partial charge on any atom is -0.378 e. The topological polar surface area (TPSA) is 119 Å². The molecule has 0 aliphatic carbocycles. The second-order valence-electron chi connectivity index (χ2n) is 6.94. The first-order valence-electron chi connectivity index (χ1n) is 9.55. The van der Waals surface area contributed by atoms with Crippen molar-refractivity contribution in [2.75, 3.05) is 49.6 Å². The van der Waals surface area contributed by atoms with Gasteiger partial charge in [0, 0.05) is 31.9 Å². The lowest BCUT2D eigenvalue weighted by atomic mass is 10.1. The van der Waals surface area contributed by atoms with Crippen LogP contribution in [0.2, 0.25) is 0 Å². The highest BCUT2D eigenvalue weighted by Crippen LogP contribution is 2.25. The van der Waals surface area contributed by atoms with Gasteiger partial charge in [0.2, 0.25) is 5.95 Å². The summed E-state index contributed by atoms with van der Waals surface area (Å²) < 4.78 is 5.40. The maximum absolute atomic E-state index is 13.0. The smallest absolute Gasteiger partial charge is 0.263 e. The molecule has 0 aromatic carbocycles. The van der Waals surface area contributed by atoms with E-state index in [9.17, 15) is 10.1 Å². The van der Waals surface area contributed by atoms with Crippen LogP contribution in [0.15, 0.2) is 23.1 Å². The Labute approximate surface area is 162 Å².